The number of non-ortho nitro benzene ring substituents is 1. The zero-order valence-corrected chi connectivity index (χ0v) is 16.8. The molecule has 2 aromatic carbocycles. The molecule has 0 radical (unpaired) electrons. The highest BCUT2D eigenvalue weighted by molar-refractivity contribution is 7.92. The van der Waals surface area contributed by atoms with E-state index in [-0.39, 0.29) is 17.1 Å². The average molecular weight is 466 g/mol. The van der Waals surface area contributed by atoms with Gasteiger partial charge in [-0.05, 0) is 36.4 Å². The Hall–Kier alpha value is -3.97. The summed E-state index contributed by atoms with van der Waals surface area (Å²) in [5.74, 6) is -0.461. The summed E-state index contributed by atoms with van der Waals surface area (Å²) in [6.07, 6.45) is 1.08. The number of hydrazone groups is 1. The highest BCUT2D eigenvalue weighted by Gasteiger charge is 2.23. The number of anilines is 2. The van der Waals surface area contributed by atoms with Crippen LogP contribution < -0.4 is 10.1 Å². The van der Waals surface area contributed by atoms with E-state index in [1.807, 2.05) is 0 Å². The van der Waals surface area contributed by atoms with Crippen molar-refractivity contribution in [3.63, 3.8) is 0 Å². The normalized spacial score (nSPS) is 11.4. The monoisotopic (exact) mass is 465 g/mol. The van der Waals surface area contributed by atoms with E-state index < -0.39 is 36.3 Å². The van der Waals surface area contributed by atoms with Gasteiger partial charge >= 0.3 is 5.88 Å². The van der Waals surface area contributed by atoms with E-state index in [0.29, 0.717) is 5.02 Å². The third kappa shape index (κ3) is 5.34. The van der Waals surface area contributed by atoms with Crippen LogP contribution in [-0.4, -0.2) is 24.5 Å². The van der Waals surface area contributed by atoms with Gasteiger partial charge in [0.2, 0.25) is 0 Å². The van der Waals surface area contributed by atoms with Crippen LogP contribution >= 0.6 is 11.6 Å². The number of rotatable bonds is 8. The fourth-order valence-corrected chi connectivity index (χ4v) is 3.70. The van der Waals surface area contributed by atoms with E-state index in [4.69, 9.17) is 16.0 Å². The number of sulfonamides is 1. The Balaban J connectivity index is 1.91. The largest absolute Gasteiger partial charge is 0.433 e. The summed E-state index contributed by atoms with van der Waals surface area (Å²) in [5, 5.41) is 25.9. The van der Waals surface area contributed by atoms with Crippen LogP contribution in [0.1, 0.15) is 5.76 Å². The first-order valence-corrected chi connectivity index (χ1v) is 10.1. The maximum Gasteiger partial charge on any atom is 0.433 e. The maximum absolute atomic E-state index is 12.8. The average Bonchev–Trinajstić information content (AvgIpc) is 3.19. The quantitative estimate of drug-likeness (QED) is 0.285. The lowest BCUT2D eigenvalue weighted by molar-refractivity contribution is -0.402. The van der Waals surface area contributed by atoms with Gasteiger partial charge in [0.25, 0.3) is 15.7 Å². The predicted octanol–water partition coefficient (Wildman–Crippen LogP) is 4.00. The molecule has 0 aliphatic carbocycles. The fraction of sp³-hybridized carbons (Fsp3) is 0. The molecule has 0 saturated heterocycles. The molecule has 160 valence electrons. The minimum absolute atomic E-state index is 0.0322. The number of nitro groups is 2. The van der Waals surface area contributed by atoms with Gasteiger partial charge in [-0.3, -0.25) is 30.4 Å². The van der Waals surface area contributed by atoms with E-state index in [0.717, 1.165) is 30.5 Å². The molecule has 0 saturated carbocycles. The van der Waals surface area contributed by atoms with E-state index in [1.54, 1.807) is 0 Å². The van der Waals surface area contributed by atoms with Crippen LogP contribution in [-0.2, 0) is 10.0 Å². The second-order valence-electron chi connectivity index (χ2n) is 5.85. The smallest absolute Gasteiger partial charge is 0.400 e. The van der Waals surface area contributed by atoms with Gasteiger partial charge in [0, 0.05) is 22.8 Å². The zero-order chi connectivity index (χ0) is 22.6. The van der Waals surface area contributed by atoms with Crippen molar-refractivity contribution in [2.24, 2.45) is 5.10 Å². The van der Waals surface area contributed by atoms with E-state index in [1.165, 1.54) is 30.3 Å². The Morgan fingerprint density at radius 1 is 1.00 bits per heavy atom. The SMILES string of the molecule is O=[N+]([O-])c1ccc(N/N=C\c2ccc([N+](=O)[O-])o2)c(S(=O)(=O)Nc2ccc(Cl)cc2)c1. The topological polar surface area (TPSA) is 170 Å². The number of furan rings is 1. The standard InChI is InChI=1S/C17H12ClN5O7S/c18-11-1-3-12(4-2-11)21-31(28,29)16-9-13(22(24)25)5-7-15(16)20-19-10-14-6-8-17(30-14)23(26)27/h1-10,20-21H/b19-10-. The van der Waals surface area contributed by atoms with Gasteiger partial charge in [0.05, 0.1) is 22.9 Å². The van der Waals surface area contributed by atoms with Crippen molar-refractivity contribution in [1.82, 2.24) is 0 Å². The van der Waals surface area contributed by atoms with E-state index in [2.05, 4.69) is 15.2 Å². The molecule has 12 nitrogen and oxygen atoms in total. The number of nitro benzene ring substituents is 1. The van der Waals surface area contributed by atoms with Gasteiger partial charge in [-0.2, -0.15) is 5.10 Å². The first-order chi connectivity index (χ1) is 14.7. The molecule has 0 aliphatic heterocycles. The van der Waals surface area contributed by atoms with E-state index in [9.17, 15) is 28.6 Å². The maximum atomic E-state index is 12.8. The molecule has 1 heterocycles. The summed E-state index contributed by atoms with van der Waals surface area (Å²) in [7, 11) is -4.26. The molecular formula is C17H12ClN5O7S. The van der Waals surface area contributed by atoms with Gasteiger partial charge in [-0.15, -0.1) is 0 Å². The lowest BCUT2D eigenvalue weighted by Crippen LogP contribution is -2.15. The Bertz CT molecular complexity index is 1270. The Morgan fingerprint density at radius 3 is 2.32 bits per heavy atom. The summed E-state index contributed by atoms with van der Waals surface area (Å²) in [6, 6.07) is 11.3. The highest BCUT2D eigenvalue weighted by atomic mass is 35.5. The van der Waals surface area contributed by atoms with Crippen LogP contribution in [0.5, 0.6) is 0 Å². The molecule has 0 bridgehead atoms. The molecule has 1 aromatic heterocycles. The lowest BCUT2D eigenvalue weighted by atomic mass is 10.3. The summed E-state index contributed by atoms with van der Waals surface area (Å²) < 4.78 is 32.9. The van der Waals surface area contributed by atoms with Crippen molar-refractivity contribution >= 4 is 50.8 Å². The Kier molecular flexibility index (Phi) is 6.17. The van der Waals surface area contributed by atoms with Crippen molar-refractivity contribution in [2.75, 3.05) is 10.1 Å². The minimum atomic E-state index is -4.26. The third-order valence-electron chi connectivity index (χ3n) is 3.73. The first kappa shape index (κ1) is 21.7. The fourth-order valence-electron chi connectivity index (χ4n) is 2.34. The number of nitrogens with one attached hydrogen (secondary N) is 2. The minimum Gasteiger partial charge on any atom is -0.400 e. The van der Waals surface area contributed by atoms with Crippen LogP contribution in [0.25, 0.3) is 0 Å². The summed E-state index contributed by atoms with van der Waals surface area (Å²) in [5.41, 5.74) is 2.10. The van der Waals surface area contributed by atoms with Crippen LogP contribution in [0.15, 0.2) is 69.0 Å². The van der Waals surface area contributed by atoms with Crippen LogP contribution in [0.2, 0.25) is 5.02 Å². The first-order valence-electron chi connectivity index (χ1n) is 8.26. The third-order valence-corrected chi connectivity index (χ3v) is 5.40. The van der Waals surface area contributed by atoms with Crippen LogP contribution in [0.4, 0.5) is 22.9 Å². The number of hydrogen-bond acceptors (Lipinski definition) is 9. The number of benzene rings is 2. The zero-order valence-electron chi connectivity index (χ0n) is 15.3. The molecule has 0 aliphatic rings. The van der Waals surface area contributed by atoms with Crippen molar-refractivity contribution in [1.29, 1.82) is 0 Å². The Labute approximate surface area is 179 Å². The molecule has 3 rings (SSSR count). The molecule has 2 N–H and O–H groups in total. The summed E-state index contributed by atoms with van der Waals surface area (Å²) >= 11 is 5.78. The molecule has 14 heteroatoms. The number of nitrogens with zero attached hydrogens (tertiary/aromatic N) is 3. The molecule has 31 heavy (non-hydrogen) atoms. The summed E-state index contributed by atoms with van der Waals surface area (Å²) in [4.78, 5) is 19.8. The molecular weight excluding hydrogens is 454 g/mol. The van der Waals surface area contributed by atoms with Gasteiger partial charge in [-0.25, -0.2) is 8.42 Å². The second-order valence-corrected chi connectivity index (χ2v) is 7.94. The van der Waals surface area contributed by atoms with Gasteiger partial charge in [-0.1, -0.05) is 11.6 Å². The van der Waals surface area contributed by atoms with Crippen molar-refractivity contribution in [3.8, 4) is 0 Å². The van der Waals surface area contributed by atoms with Gasteiger partial charge in [0.1, 0.15) is 9.82 Å². The van der Waals surface area contributed by atoms with Crippen LogP contribution in [0.3, 0.4) is 0 Å². The molecule has 0 amide bonds. The molecule has 3 aromatic rings. The Morgan fingerprint density at radius 2 is 1.71 bits per heavy atom. The molecule has 0 unspecified atom stereocenters. The van der Waals surface area contributed by atoms with E-state index >= 15 is 0 Å². The number of hydrogen-bond donors (Lipinski definition) is 2. The predicted molar refractivity (Wildman–Crippen MR) is 112 cm³/mol. The lowest BCUT2D eigenvalue weighted by Gasteiger charge is -2.12. The molecule has 0 atom stereocenters. The van der Waals surface area contributed by atoms with Crippen molar-refractivity contribution in [2.45, 2.75) is 4.90 Å². The summed E-state index contributed by atoms with van der Waals surface area (Å²) in [6.45, 7) is 0. The highest BCUT2D eigenvalue weighted by Crippen LogP contribution is 2.28. The van der Waals surface area contributed by atoms with Crippen molar-refractivity contribution < 1.29 is 22.7 Å². The van der Waals surface area contributed by atoms with Gasteiger partial charge in [0.15, 0.2) is 5.76 Å². The molecule has 0 spiro atoms. The van der Waals surface area contributed by atoms with Crippen molar-refractivity contribution in [3.05, 3.63) is 85.6 Å². The second kappa shape index (κ2) is 8.81. The van der Waals surface area contributed by atoms with Crippen LogP contribution in [0, 0.1) is 20.2 Å². The number of halogens is 1. The van der Waals surface area contributed by atoms with Gasteiger partial charge < -0.3 is 4.42 Å². The molecule has 0 fully saturated rings.